The number of nitro groups is 1. The molecule has 1 aromatic rings. The minimum absolute atomic E-state index is 0.108. The fourth-order valence-electron chi connectivity index (χ4n) is 3.42. The van der Waals surface area contributed by atoms with E-state index in [-0.39, 0.29) is 5.69 Å². The number of hydrogen-bond acceptors (Lipinski definition) is 8. The molecule has 0 bridgehead atoms. The number of carbonyl (C=O) groups is 3. The molecule has 0 radical (unpaired) electrons. The van der Waals surface area contributed by atoms with E-state index in [1.807, 2.05) is 0 Å². The van der Waals surface area contributed by atoms with Crippen LogP contribution >= 0.6 is 11.8 Å². The number of nitro benzene ring substituents is 1. The van der Waals surface area contributed by atoms with Gasteiger partial charge in [-0.15, -0.1) is 11.8 Å². The Balaban J connectivity index is 1.97. The number of amides is 1. The van der Waals surface area contributed by atoms with Crippen molar-refractivity contribution in [3.8, 4) is 0 Å². The highest BCUT2D eigenvalue weighted by atomic mass is 32.2. The van der Waals surface area contributed by atoms with Crippen molar-refractivity contribution in [2.24, 2.45) is 4.99 Å². The molecule has 10 nitrogen and oxygen atoms in total. The van der Waals surface area contributed by atoms with E-state index in [4.69, 9.17) is 4.74 Å². The number of nitrogens with zero attached hydrogens (tertiary/aromatic N) is 3. The molecule has 2 aliphatic heterocycles. The van der Waals surface area contributed by atoms with Gasteiger partial charge in [-0.25, -0.2) is 9.59 Å². The average Bonchev–Trinajstić information content (AvgIpc) is 2.91. The quantitative estimate of drug-likeness (QED) is 0.191. The number of carboxylic acid groups (broad SMARTS) is 1. The van der Waals surface area contributed by atoms with E-state index in [1.165, 1.54) is 42.2 Å². The number of methoxy groups -OCH3 is 1. The van der Waals surface area contributed by atoms with E-state index in [0.29, 0.717) is 5.56 Å². The van der Waals surface area contributed by atoms with Crippen LogP contribution in [-0.2, 0) is 19.1 Å². The Labute approximate surface area is 163 Å². The van der Waals surface area contributed by atoms with Crippen LogP contribution in [0.25, 0.3) is 0 Å². The number of carboxylic acids is 1. The molecule has 1 N–H and O–H groups in total. The van der Waals surface area contributed by atoms with E-state index in [0.717, 1.165) is 12.0 Å². The van der Waals surface area contributed by atoms with Crippen LogP contribution in [-0.4, -0.2) is 67.8 Å². The topological polar surface area (TPSA) is 139 Å². The van der Waals surface area contributed by atoms with Crippen LogP contribution in [0.2, 0.25) is 0 Å². The number of rotatable bonds is 5. The Morgan fingerprint density at radius 1 is 1.36 bits per heavy atom. The van der Waals surface area contributed by atoms with Crippen LogP contribution in [0, 0.1) is 10.1 Å². The Kier molecular flexibility index (Phi) is 4.66. The molecule has 3 rings (SSSR count). The smallest absolute Gasteiger partial charge is 0.346 e. The fourth-order valence-corrected chi connectivity index (χ4v) is 5.09. The summed E-state index contributed by atoms with van der Waals surface area (Å²) >= 11 is 1.17. The highest BCUT2D eigenvalue weighted by molar-refractivity contribution is 8.01. The maximum Gasteiger partial charge on any atom is 0.346 e. The van der Waals surface area contributed by atoms with Gasteiger partial charge in [0.1, 0.15) is 11.4 Å². The zero-order valence-corrected chi connectivity index (χ0v) is 16.0. The monoisotopic (exact) mass is 407 g/mol. The number of aliphatic carboxylic acids is 1. The third kappa shape index (κ3) is 2.73. The molecule has 2 heterocycles. The predicted molar refractivity (Wildman–Crippen MR) is 99.2 cm³/mol. The summed E-state index contributed by atoms with van der Waals surface area (Å²) in [6.07, 6.45) is 1.26. The Bertz CT molecular complexity index is 899. The maximum absolute atomic E-state index is 12.9. The molecule has 148 valence electrons. The third-order valence-corrected chi connectivity index (χ3v) is 6.40. The van der Waals surface area contributed by atoms with Gasteiger partial charge in [0.25, 0.3) is 17.1 Å². The van der Waals surface area contributed by atoms with Gasteiger partial charge in [0.2, 0.25) is 0 Å². The first-order valence-corrected chi connectivity index (χ1v) is 9.05. The van der Waals surface area contributed by atoms with Crippen LogP contribution in [0.1, 0.15) is 19.4 Å². The summed E-state index contributed by atoms with van der Waals surface area (Å²) in [4.78, 5) is 52.5. The number of thioether (sulfide) groups is 1. The van der Waals surface area contributed by atoms with Crippen LogP contribution in [0.15, 0.2) is 29.3 Å². The lowest BCUT2D eigenvalue weighted by molar-refractivity contribution is -0.384. The SMILES string of the molecule is COC(=O)C1(N=Cc2ccc([N+](=O)[O-])cc2)C(=O)N2[C@@H](C(=O)O)C(C)(C)S[C@@H]21. The van der Waals surface area contributed by atoms with Crippen LogP contribution in [0.3, 0.4) is 0 Å². The molecule has 0 aliphatic carbocycles. The first-order chi connectivity index (χ1) is 13.1. The van der Waals surface area contributed by atoms with Crippen molar-refractivity contribution in [2.45, 2.75) is 35.5 Å². The van der Waals surface area contributed by atoms with Crippen molar-refractivity contribution in [3.63, 3.8) is 0 Å². The summed E-state index contributed by atoms with van der Waals surface area (Å²) in [5.41, 5.74) is -1.55. The second-order valence-electron chi connectivity index (χ2n) is 6.89. The lowest BCUT2D eigenvalue weighted by Crippen LogP contribution is -2.76. The van der Waals surface area contributed by atoms with Gasteiger partial charge in [0.15, 0.2) is 0 Å². The van der Waals surface area contributed by atoms with Gasteiger partial charge in [0.05, 0.1) is 12.0 Å². The van der Waals surface area contributed by atoms with Crippen molar-refractivity contribution in [3.05, 3.63) is 39.9 Å². The van der Waals surface area contributed by atoms with Crippen molar-refractivity contribution in [1.82, 2.24) is 4.90 Å². The van der Waals surface area contributed by atoms with E-state index in [2.05, 4.69) is 4.99 Å². The summed E-state index contributed by atoms with van der Waals surface area (Å²) in [7, 11) is 1.13. The average molecular weight is 407 g/mol. The van der Waals surface area contributed by atoms with Crippen molar-refractivity contribution in [1.29, 1.82) is 0 Å². The molecule has 2 fully saturated rings. The molecule has 1 unspecified atom stereocenters. The van der Waals surface area contributed by atoms with Crippen molar-refractivity contribution < 1.29 is 29.2 Å². The minimum atomic E-state index is -1.89. The summed E-state index contributed by atoms with van der Waals surface area (Å²) in [5, 5.41) is 19.4. The number of benzene rings is 1. The van der Waals surface area contributed by atoms with Crippen LogP contribution in [0.4, 0.5) is 5.69 Å². The number of carbonyl (C=O) groups excluding carboxylic acids is 2. The number of hydrogen-bond donors (Lipinski definition) is 1. The normalized spacial score (nSPS) is 28.0. The Hall–Kier alpha value is -2.95. The maximum atomic E-state index is 12.9. The van der Waals surface area contributed by atoms with Crippen molar-refractivity contribution in [2.75, 3.05) is 7.11 Å². The number of ether oxygens (including phenoxy) is 1. The van der Waals surface area contributed by atoms with Gasteiger partial charge in [-0.1, -0.05) is 0 Å². The highest BCUT2D eigenvalue weighted by Crippen LogP contribution is 2.56. The second-order valence-corrected chi connectivity index (χ2v) is 8.63. The summed E-state index contributed by atoms with van der Waals surface area (Å²) in [6, 6.07) is 4.31. The van der Waals surface area contributed by atoms with E-state index in [9.17, 15) is 29.6 Å². The Morgan fingerprint density at radius 3 is 2.46 bits per heavy atom. The van der Waals surface area contributed by atoms with Gasteiger partial charge in [-0.2, -0.15) is 0 Å². The zero-order chi connectivity index (χ0) is 20.9. The van der Waals surface area contributed by atoms with E-state index >= 15 is 0 Å². The molecule has 2 saturated heterocycles. The van der Waals surface area contributed by atoms with E-state index < -0.39 is 44.5 Å². The van der Waals surface area contributed by atoms with Gasteiger partial charge in [-0.05, 0) is 31.5 Å². The standard InChI is InChI=1S/C17H17N3O7S/c1-16(2)11(12(21)22)19-13(23)17(14(19)28-16,15(24)27-3)18-8-9-4-6-10(7-5-9)20(25)26/h4-8,11,14H,1-3H3,(H,21,22)/t11-,14+,17?/m0/s1. The molecule has 0 saturated carbocycles. The first kappa shape index (κ1) is 19.8. The summed E-state index contributed by atoms with van der Waals surface area (Å²) < 4.78 is 3.96. The van der Waals surface area contributed by atoms with Gasteiger partial charge in [0, 0.05) is 23.1 Å². The molecule has 28 heavy (non-hydrogen) atoms. The highest BCUT2D eigenvalue weighted by Gasteiger charge is 2.75. The fraction of sp³-hybridized carbons (Fsp3) is 0.412. The molecular weight excluding hydrogens is 390 g/mol. The number of aliphatic imine (C=N–C) groups is 1. The molecular formula is C17H17N3O7S. The molecule has 2 aliphatic rings. The van der Waals surface area contributed by atoms with Gasteiger partial charge < -0.3 is 14.7 Å². The van der Waals surface area contributed by atoms with Crippen LogP contribution in [0.5, 0.6) is 0 Å². The minimum Gasteiger partial charge on any atom is -0.480 e. The molecule has 0 aromatic heterocycles. The molecule has 11 heteroatoms. The number of non-ortho nitro benzene ring substituents is 1. The Morgan fingerprint density at radius 2 is 1.96 bits per heavy atom. The predicted octanol–water partition coefficient (Wildman–Crippen LogP) is 1.07. The number of β-lactam (4-membered cyclic amide) rings is 1. The second kappa shape index (κ2) is 6.59. The number of fused-ring (bicyclic) bond motifs is 1. The lowest BCUT2D eigenvalue weighted by Gasteiger charge is -2.48. The molecule has 1 aromatic carbocycles. The van der Waals surface area contributed by atoms with Gasteiger partial charge in [-0.3, -0.25) is 19.9 Å². The van der Waals surface area contributed by atoms with Gasteiger partial charge >= 0.3 is 11.9 Å². The largest absolute Gasteiger partial charge is 0.480 e. The van der Waals surface area contributed by atoms with E-state index in [1.54, 1.807) is 13.8 Å². The zero-order valence-electron chi connectivity index (χ0n) is 15.2. The summed E-state index contributed by atoms with van der Waals surface area (Å²) in [6.45, 7) is 3.37. The number of esters is 1. The molecule has 1 amide bonds. The third-order valence-electron chi connectivity index (χ3n) is 4.77. The summed E-state index contributed by atoms with van der Waals surface area (Å²) in [5.74, 6) is -2.79. The lowest BCUT2D eigenvalue weighted by atomic mass is 9.85. The van der Waals surface area contributed by atoms with Crippen LogP contribution < -0.4 is 0 Å². The molecule has 0 spiro atoms. The molecule has 3 atom stereocenters. The van der Waals surface area contributed by atoms with Crippen molar-refractivity contribution >= 4 is 41.5 Å². The first-order valence-electron chi connectivity index (χ1n) is 8.17.